The third-order valence-electron chi connectivity index (χ3n) is 3.53. The predicted molar refractivity (Wildman–Crippen MR) is 73.0 cm³/mol. The standard InChI is InChI=1S/C13H15N3O3S/c14-9-13(6-1-2-7-13)12(17)16-10-4-3-5-11(8-10)20(15,18)19/h3-5,8H,1-2,6-7H2,(H,16,17)(H2,15,18,19). The van der Waals surface area contributed by atoms with Crippen LogP contribution in [0.2, 0.25) is 0 Å². The summed E-state index contributed by atoms with van der Waals surface area (Å²) in [6, 6.07) is 7.77. The smallest absolute Gasteiger partial charge is 0.244 e. The van der Waals surface area contributed by atoms with E-state index >= 15 is 0 Å². The summed E-state index contributed by atoms with van der Waals surface area (Å²) in [5, 5.41) is 16.9. The highest BCUT2D eigenvalue weighted by molar-refractivity contribution is 7.89. The molecule has 0 atom stereocenters. The molecule has 0 saturated heterocycles. The highest BCUT2D eigenvalue weighted by atomic mass is 32.2. The van der Waals surface area contributed by atoms with Gasteiger partial charge in [0.1, 0.15) is 5.41 Å². The van der Waals surface area contributed by atoms with Crippen LogP contribution in [0.1, 0.15) is 25.7 Å². The van der Waals surface area contributed by atoms with Crippen LogP contribution in [-0.2, 0) is 14.8 Å². The molecule has 1 saturated carbocycles. The van der Waals surface area contributed by atoms with Crippen LogP contribution >= 0.6 is 0 Å². The van der Waals surface area contributed by atoms with Crippen molar-refractivity contribution in [3.8, 4) is 6.07 Å². The number of primary sulfonamides is 1. The van der Waals surface area contributed by atoms with Crippen molar-refractivity contribution < 1.29 is 13.2 Å². The van der Waals surface area contributed by atoms with Gasteiger partial charge < -0.3 is 5.32 Å². The molecule has 0 aromatic heterocycles. The Kier molecular flexibility index (Phi) is 3.79. The van der Waals surface area contributed by atoms with E-state index in [9.17, 15) is 18.5 Å². The molecule has 1 aromatic rings. The molecule has 0 heterocycles. The molecule has 0 unspecified atom stereocenters. The Balaban J connectivity index is 2.23. The summed E-state index contributed by atoms with van der Waals surface area (Å²) in [6.45, 7) is 0. The lowest BCUT2D eigenvalue weighted by Gasteiger charge is -2.19. The third-order valence-corrected chi connectivity index (χ3v) is 4.44. The van der Waals surface area contributed by atoms with Crippen molar-refractivity contribution in [2.45, 2.75) is 30.6 Å². The van der Waals surface area contributed by atoms with Gasteiger partial charge in [0.05, 0.1) is 11.0 Å². The van der Waals surface area contributed by atoms with Gasteiger partial charge in [0.2, 0.25) is 15.9 Å². The van der Waals surface area contributed by atoms with E-state index in [4.69, 9.17) is 5.14 Å². The number of nitrogens with one attached hydrogen (secondary N) is 1. The summed E-state index contributed by atoms with van der Waals surface area (Å²) in [7, 11) is -3.82. The first kappa shape index (κ1) is 14.5. The first-order chi connectivity index (χ1) is 9.37. The number of carbonyl (C=O) groups excluding carboxylic acids is 1. The topological polar surface area (TPSA) is 113 Å². The minimum Gasteiger partial charge on any atom is -0.325 e. The highest BCUT2D eigenvalue weighted by Crippen LogP contribution is 2.38. The van der Waals surface area contributed by atoms with Gasteiger partial charge in [0.25, 0.3) is 0 Å². The van der Waals surface area contributed by atoms with E-state index in [0.29, 0.717) is 18.5 Å². The molecular weight excluding hydrogens is 278 g/mol. The molecule has 2 rings (SSSR count). The van der Waals surface area contributed by atoms with Crippen molar-refractivity contribution in [2.24, 2.45) is 10.6 Å². The van der Waals surface area contributed by atoms with Crippen molar-refractivity contribution in [1.29, 1.82) is 5.26 Å². The lowest BCUT2D eigenvalue weighted by atomic mass is 9.87. The summed E-state index contributed by atoms with van der Waals surface area (Å²) >= 11 is 0. The van der Waals surface area contributed by atoms with Gasteiger partial charge in [-0.2, -0.15) is 5.26 Å². The van der Waals surface area contributed by atoms with E-state index in [1.807, 2.05) is 0 Å². The van der Waals surface area contributed by atoms with Crippen LogP contribution in [0.25, 0.3) is 0 Å². The van der Waals surface area contributed by atoms with E-state index in [1.165, 1.54) is 18.2 Å². The van der Waals surface area contributed by atoms with Crippen LogP contribution in [-0.4, -0.2) is 14.3 Å². The van der Waals surface area contributed by atoms with Gasteiger partial charge in [0.15, 0.2) is 0 Å². The summed E-state index contributed by atoms with van der Waals surface area (Å²) in [5.41, 5.74) is -0.680. The number of benzene rings is 1. The van der Waals surface area contributed by atoms with Crippen LogP contribution in [0, 0.1) is 16.7 Å². The van der Waals surface area contributed by atoms with E-state index < -0.39 is 15.4 Å². The number of nitriles is 1. The molecule has 20 heavy (non-hydrogen) atoms. The molecule has 7 heteroatoms. The quantitative estimate of drug-likeness (QED) is 0.875. The van der Waals surface area contributed by atoms with E-state index in [1.54, 1.807) is 6.07 Å². The second kappa shape index (κ2) is 5.23. The van der Waals surface area contributed by atoms with Gasteiger partial charge in [-0.15, -0.1) is 0 Å². The highest BCUT2D eigenvalue weighted by Gasteiger charge is 2.41. The molecule has 1 aliphatic rings. The van der Waals surface area contributed by atoms with E-state index in [2.05, 4.69) is 11.4 Å². The van der Waals surface area contributed by atoms with Crippen LogP contribution in [0.3, 0.4) is 0 Å². The molecule has 0 spiro atoms. The third kappa shape index (κ3) is 2.81. The minimum absolute atomic E-state index is 0.0762. The Morgan fingerprint density at radius 3 is 2.55 bits per heavy atom. The number of hydrogen-bond donors (Lipinski definition) is 2. The molecule has 1 aliphatic carbocycles. The zero-order valence-corrected chi connectivity index (χ0v) is 11.6. The van der Waals surface area contributed by atoms with Gasteiger partial charge in [0, 0.05) is 5.69 Å². The monoisotopic (exact) mass is 293 g/mol. The second-order valence-electron chi connectivity index (χ2n) is 4.93. The first-order valence-electron chi connectivity index (χ1n) is 6.23. The van der Waals surface area contributed by atoms with Gasteiger partial charge in [-0.25, -0.2) is 13.6 Å². The van der Waals surface area contributed by atoms with Gasteiger partial charge in [-0.05, 0) is 31.0 Å². The van der Waals surface area contributed by atoms with Crippen LogP contribution in [0.5, 0.6) is 0 Å². The number of nitrogens with zero attached hydrogens (tertiary/aromatic N) is 1. The zero-order valence-electron chi connectivity index (χ0n) is 10.8. The fourth-order valence-corrected chi connectivity index (χ4v) is 2.93. The maximum atomic E-state index is 12.2. The molecule has 3 N–H and O–H groups in total. The van der Waals surface area contributed by atoms with Crippen LogP contribution in [0.4, 0.5) is 5.69 Å². The molecule has 0 bridgehead atoms. The lowest BCUT2D eigenvalue weighted by Crippen LogP contribution is -2.32. The Hall–Kier alpha value is -1.91. The summed E-state index contributed by atoms with van der Waals surface area (Å²) in [5.74, 6) is -0.385. The van der Waals surface area contributed by atoms with Crippen molar-refractivity contribution in [2.75, 3.05) is 5.32 Å². The average Bonchev–Trinajstić information content (AvgIpc) is 2.88. The normalized spacial score (nSPS) is 17.4. The van der Waals surface area contributed by atoms with Crippen molar-refractivity contribution >= 4 is 21.6 Å². The van der Waals surface area contributed by atoms with Crippen molar-refractivity contribution in [3.05, 3.63) is 24.3 Å². The minimum atomic E-state index is -3.82. The SMILES string of the molecule is N#CC1(C(=O)Nc2cccc(S(N)(=O)=O)c2)CCCC1. The summed E-state index contributed by atoms with van der Waals surface area (Å²) < 4.78 is 22.5. The first-order valence-corrected chi connectivity index (χ1v) is 7.78. The Morgan fingerprint density at radius 2 is 2.00 bits per heavy atom. The maximum absolute atomic E-state index is 12.2. The molecule has 1 fully saturated rings. The summed E-state index contributed by atoms with van der Waals surface area (Å²) in [6.07, 6.45) is 2.75. The van der Waals surface area contributed by atoms with E-state index in [-0.39, 0.29) is 10.8 Å². The van der Waals surface area contributed by atoms with Gasteiger partial charge in [-0.3, -0.25) is 4.79 Å². The summed E-state index contributed by atoms with van der Waals surface area (Å²) in [4.78, 5) is 12.1. The molecular formula is C13H15N3O3S. The number of hydrogen-bond acceptors (Lipinski definition) is 4. The lowest BCUT2D eigenvalue weighted by molar-refractivity contribution is -0.122. The number of nitrogens with two attached hydrogens (primary N) is 1. The zero-order chi connectivity index (χ0) is 14.8. The number of amides is 1. The number of sulfonamides is 1. The Labute approximate surface area is 117 Å². The fraction of sp³-hybridized carbons (Fsp3) is 0.385. The predicted octanol–water partition coefficient (Wildman–Crippen LogP) is 1.36. The number of rotatable bonds is 3. The average molecular weight is 293 g/mol. The Morgan fingerprint density at radius 1 is 1.35 bits per heavy atom. The Bertz CT molecular complexity index is 670. The van der Waals surface area contributed by atoms with Crippen LogP contribution < -0.4 is 10.5 Å². The van der Waals surface area contributed by atoms with Crippen molar-refractivity contribution in [3.63, 3.8) is 0 Å². The molecule has 0 radical (unpaired) electrons. The molecule has 1 aromatic carbocycles. The van der Waals surface area contributed by atoms with Gasteiger partial charge in [-0.1, -0.05) is 18.9 Å². The molecule has 6 nitrogen and oxygen atoms in total. The molecule has 0 aliphatic heterocycles. The fourth-order valence-electron chi connectivity index (χ4n) is 2.37. The van der Waals surface area contributed by atoms with E-state index in [0.717, 1.165) is 12.8 Å². The van der Waals surface area contributed by atoms with Gasteiger partial charge >= 0.3 is 0 Å². The largest absolute Gasteiger partial charge is 0.325 e. The number of anilines is 1. The second-order valence-corrected chi connectivity index (χ2v) is 6.49. The molecule has 1 amide bonds. The maximum Gasteiger partial charge on any atom is 0.244 e. The van der Waals surface area contributed by atoms with Crippen LogP contribution in [0.15, 0.2) is 29.2 Å². The molecule has 106 valence electrons. The number of carbonyl (C=O) groups is 1. The van der Waals surface area contributed by atoms with Crippen molar-refractivity contribution in [1.82, 2.24) is 0 Å².